The molecule has 2 rings (SSSR count). The predicted molar refractivity (Wildman–Crippen MR) is 66.1 cm³/mol. The molecule has 2 unspecified atom stereocenters. The Labute approximate surface area is 106 Å². The normalized spacial score (nSPS) is 25.6. The number of benzene rings is 1. The lowest BCUT2D eigenvalue weighted by molar-refractivity contribution is -0.139. The minimum Gasteiger partial charge on any atom is -0.493 e. The Hall–Kier alpha value is -1.75. The first-order valence-electron chi connectivity index (χ1n) is 5.86. The van der Waals surface area contributed by atoms with E-state index in [4.69, 9.17) is 20.3 Å². The molecule has 0 bridgehead atoms. The molecule has 5 nitrogen and oxygen atoms in total. The molecule has 1 saturated carbocycles. The molecule has 1 aliphatic carbocycles. The summed E-state index contributed by atoms with van der Waals surface area (Å²) < 4.78 is 10.6. The van der Waals surface area contributed by atoms with Gasteiger partial charge in [-0.15, -0.1) is 0 Å². The zero-order valence-electron chi connectivity index (χ0n) is 10.5. The van der Waals surface area contributed by atoms with Gasteiger partial charge in [-0.05, 0) is 31.0 Å². The average Bonchev–Trinajstić information content (AvgIpc) is 3.04. The van der Waals surface area contributed by atoms with Gasteiger partial charge in [0.05, 0.1) is 13.7 Å². The minimum atomic E-state index is -1.13. The van der Waals surface area contributed by atoms with Crippen LogP contribution < -0.4 is 15.2 Å². The van der Waals surface area contributed by atoms with Crippen molar-refractivity contribution < 1.29 is 19.4 Å². The molecule has 1 fully saturated rings. The largest absolute Gasteiger partial charge is 0.493 e. The fraction of sp³-hybridized carbons (Fsp3) is 0.462. The van der Waals surface area contributed by atoms with Crippen molar-refractivity contribution in [2.24, 2.45) is 5.73 Å². The number of hydrogen-bond acceptors (Lipinski definition) is 4. The molecule has 98 valence electrons. The Bertz CT molecular complexity index is 474. The molecule has 0 aromatic heterocycles. The smallest absolute Gasteiger partial charge is 0.324 e. The van der Waals surface area contributed by atoms with E-state index in [1.807, 2.05) is 13.0 Å². The van der Waals surface area contributed by atoms with Crippen LogP contribution in [0, 0.1) is 0 Å². The summed E-state index contributed by atoms with van der Waals surface area (Å²) in [6, 6.07) is 5.43. The lowest BCUT2D eigenvalue weighted by atomic mass is 10.1. The lowest BCUT2D eigenvalue weighted by Crippen LogP contribution is -2.34. The van der Waals surface area contributed by atoms with E-state index in [0.717, 1.165) is 5.56 Å². The molecule has 0 saturated heterocycles. The van der Waals surface area contributed by atoms with Gasteiger partial charge in [0.25, 0.3) is 0 Å². The molecule has 18 heavy (non-hydrogen) atoms. The maximum atomic E-state index is 11.0. The van der Waals surface area contributed by atoms with Crippen molar-refractivity contribution in [1.29, 1.82) is 0 Å². The average molecular weight is 251 g/mol. The molecule has 0 amide bonds. The molecular weight excluding hydrogens is 234 g/mol. The van der Waals surface area contributed by atoms with Crippen LogP contribution in [0.3, 0.4) is 0 Å². The Morgan fingerprint density at radius 2 is 2.28 bits per heavy atom. The monoisotopic (exact) mass is 251 g/mol. The van der Waals surface area contributed by atoms with Crippen LogP contribution in [0.4, 0.5) is 0 Å². The zero-order chi connectivity index (χ0) is 13.3. The molecular formula is C13H17NO4. The van der Waals surface area contributed by atoms with Gasteiger partial charge < -0.3 is 20.3 Å². The number of aliphatic carboxylic acids is 1. The number of methoxy groups -OCH3 is 1. The molecule has 0 spiro atoms. The van der Waals surface area contributed by atoms with Crippen LogP contribution >= 0.6 is 0 Å². The summed E-state index contributed by atoms with van der Waals surface area (Å²) in [5.74, 6) is 0.149. The van der Waals surface area contributed by atoms with Crippen LogP contribution in [0.15, 0.2) is 18.2 Å². The van der Waals surface area contributed by atoms with Gasteiger partial charge in [-0.3, -0.25) is 4.79 Å². The van der Waals surface area contributed by atoms with Gasteiger partial charge in [0.15, 0.2) is 11.5 Å². The van der Waals surface area contributed by atoms with Crippen molar-refractivity contribution in [1.82, 2.24) is 0 Å². The summed E-state index contributed by atoms with van der Waals surface area (Å²) in [5.41, 5.74) is 5.53. The van der Waals surface area contributed by atoms with Gasteiger partial charge >= 0.3 is 5.97 Å². The second kappa shape index (κ2) is 4.49. The maximum absolute atomic E-state index is 11.0. The number of hydrogen-bond donors (Lipinski definition) is 2. The summed E-state index contributed by atoms with van der Waals surface area (Å²) in [5, 5.41) is 9.03. The zero-order valence-corrected chi connectivity index (χ0v) is 10.5. The third kappa shape index (κ3) is 2.01. The Balaban J connectivity index is 2.24. The van der Waals surface area contributed by atoms with Gasteiger partial charge in [-0.2, -0.15) is 0 Å². The number of ether oxygens (including phenoxy) is 2. The standard InChI is InChI=1S/C13H17NO4/c1-3-18-10-5-4-8(6-11(10)17-2)9-7-13(9,14)12(15)16/h4-6,9H,3,7,14H2,1-2H3,(H,15,16). The number of rotatable bonds is 5. The van der Waals surface area contributed by atoms with Crippen LogP contribution in [0.2, 0.25) is 0 Å². The topological polar surface area (TPSA) is 81.8 Å². The third-order valence-corrected chi connectivity index (χ3v) is 3.29. The number of carboxylic acid groups (broad SMARTS) is 1. The highest BCUT2D eigenvalue weighted by Gasteiger charge is 2.58. The van der Waals surface area contributed by atoms with E-state index < -0.39 is 11.5 Å². The van der Waals surface area contributed by atoms with Gasteiger partial charge in [-0.25, -0.2) is 0 Å². The second-order valence-corrected chi connectivity index (χ2v) is 4.45. The summed E-state index contributed by atoms with van der Waals surface area (Å²) in [7, 11) is 1.56. The summed E-state index contributed by atoms with van der Waals surface area (Å²) in [6.07, 6.45) is 0.458. The van der Waals surface area contributed by atoms with E-state index in [9.17, 15) is 4.79 Å². The van der Waals surface area contributed by atoms with Crippen molar-refractivity contribution in [3.63, 3.8) is 0 Å². The third-order valence-electron chi connectivity index (χ3n) is 3.29. The van der Waals surface area contributed by atoms with E-state index in [-0.39, 0.29) is 5.92 Å². The first-order valence-corrected chi connectivity index (χ1v) is 5.86. The molecule has 1 aliphatic rings. The van der Waals surface area contributed by atoms with Crippen molar-refractivity contribution in [3.05, 3.63) is 23.8 Å². The molecule has 3 N–H and O–H groups in total. The van der Waals surface area contributed by atoms with Crippen molar-refractivity contribution in [3.8, 4) is 11.5 Å². The van der Waals surface area contributed by atoms with E-state index in [2.05, 4.69) is 0 Å². The summed E-state index contributed by atoms with van der Waals surface area (Å²) in [4.78, 5) is 11.0. The van der Waals surface area contributed by atoms with E-state index in [1.165, 1.54) is 0 Å². The Morgan fingerprint density at radius 1 is 1.56 bits per heavy atom. The minimum absolute atomic E-state index is 0.153. The first kappa shape index (κ1) is 12.7. The van der Waals surface area contributed by atoms with Crippen LogP contribution in [0.5, 0.6) is 11.5 Å². The number of carbonyl (C=O) groups is 1. The number of carboxylic acids is 1. The highest BCUT2D eigenvalue weighted by atomic mass is 16.5. The lowest BCUT2D eigenvalue weighted by Gasteiger charge is -2.11. The molecule has 0 heterocycles. The van der Waals surface area contributed by atoms with Gasteiger partial charge in [0.2, 0.25) is 0 Å². The van der Waals surface area contributed by atoms with E-state index in [0.29, 0.717) is 24.5 Å². The molecule has 2 atom stereocenters. The quantitative estimate of drug-likeness (QED) is 0.825. The van der Waals surface area contributed by atoms with E-state index in [1.54, 1.807) is 19.2 Å². The van der Waals surface area contributed by atoms with Crippen LogP contribution in [-0.2, 0) is 4.79 Å². The highest BCUT2D eigenvalue weighted by Crippen LogP contribution is 2.50. The highest BCUT2D eigenvalue weighted by molar-refractivity contribution is 5.85. The Morgan fingerprint density at radius 3 is 2.78 bits per heavy atom. The molecule has 0 aliphatic heterocycles. The van der Waals surface area contributed by atoms with Gasteiger partial charge in [0, 0.05) is 5.92 Å². The van der Waals surface area contributed by atoms with Crippen molar-refractivity contribution in [2.75, 3.05) is 13.7 Å². The van der Waals surface area contributed by atoms with Crippen LogP contribution in [-0.4, -0.2) is 30.3 Å². The SMILES string of the molecule is CCOc1ccc(C2CC2(N)C(=O)O)cc1OC. The maximum Gasteiger partial charge on any atom is 0.324 e. The molecule has 1 aromatic carbocycles. The van der Waals surface area contributed by atoms with E-state index >= 15 is 0 Å². The number of nitrogens with two attached hydrogens (primary N) is 1. The summed E-state index contributed by atoms with van der Waals surface area (Å²) >= 11 is 0. The van der Waals surface area contributed by atoms with Gasteiger partial charge in [-0.1, -0.05) is 6.07 Å². The van der Waals surface area contributed by atoms with Gasteiger partial charge in [0.1, 0.15) is 5.54 Å². The summed E-state index contributed by atoms with van der Waals surface area (Å²) in [6.45, 7) is 2.44. The molecule has 1 aromatic rings. The fourth-order valence-corrected chi connectivity index (χ4v) is 2.11. The predicted octanol–water partition coefficient (Wildman–Crippen LogP) is 1.36. The van der Waals surface area contributed by atoms with Crippen molar-refractivity contribution >= 4 is 5.97 Å². The fourth-order valence-electron chi connectivity index (χ4n) is 2.11. The van der Waals surface area contributed by atoms with Crippen LogP contribution in [0.1, 0.15) is 24.8 Å². The van der Waals surface area contributed by atoms with Crippen LogP contribution in [0.25, 0.3) is 0 Å². The molecule has 0 radical (unpaired) electrons. The molecule has 5 heteroatoms. The Kier molecular flexibility index (Phi) is 3.17. The second-order valence-electron chi connectivity index (χ2n) is 4.45. The first-order chi connectivity index (χ1) is 8.52. The van der Waals surface area contributed by atoms with Crippen molar-refractivity contribution in [2.45, 2.75) is 24.8 Å².